The summed E-state index contributed by atoms with van der Waals surface area (Å²) in [7, 11) is 0. The first kappa shape index (κ1) is 23.7. The molecule has 2 aromatic carbocycles. The van der Waals surface area contributed by atoms with E-state index in [1.807, 2.05) is 0 Å². The lowest BCUT2D eigenvalue weighted by Crippen LogP contribution is -2.21. The number of hydrogen-bond acceptors (Lipinski definition) is 6. The molecule has 1 aromatic heterocycles. The average molecular weight is 481 g/mol. The smallest absolute Gasteiger partial charge is 0.259 e. The van der Waals surface area contributed by atoms with E-state index in [2.05, 4.69) is 10.3 Å². The monoisotopic (exact) mass is 480 g/mol. The van der Waals surface area contributed by atoms with Crippen molar-refractivity contribution in [1.82, 2.24) is 4.98 Å². The van der Waals surface area contributed by atoms with E-state index < -0.39 is 24.4 Å². The van der Waals surface area contributed by atoms with Crippen molar-refractivity contribution < 1.29 is 28.9 Å². The molecule has 32 heavy (non-hydrogen) atoms. The molecule has 3 N–H and O–H groups in total. The zero-order chi connectivity index (χ0) is 23.3. The molecule has 0 aliphatic rings. The highest BCUT2D eigenvalue weighted by molar-refractivity contribution is 6.42. The zero-order valence-corrected chi connectivity index (χ0v) is 18.3. The number of halogens is 3. The van der Waals surface area contributed by atoms with E-state index >= 15 is 0 Å². The Labute approximate surface area is 193 Å². The fourth-order valence-corrected chi connectivity index (χ4v) is 2.95. The number of aliphatic hydroxyl groups is 2. The largest absolute Gasteiger partial charge is 0.475 e. The molecule has 1 amide bonds. The van der Waals surface area contributed by atoms with Gasteiger partial charge in [0.15, 0.2) is 0 Å². The van der Waals surface area contributed by atoms with E-state index in [0.717, 1.165) is 0 Å². The minimum absolute atomic E-state index is 0.0955. The van der Waals surface area contributed by atoms with Gasteiger partial charge in [0.1, 0.15) is 30.0 Å². The maximum absolute atomic E-state index is 13.4. The summed E-state index contributed by atoms with van der Waals surface area (Å²) in [5.74, 6) is -0.345. The molecule has 168 valence electrons. The van der Waals surface area contributed by atoms with E-state index in [-0.39, 0.29) is 33.8 Å². The van der Waals surface area contributed by atoms with Crippen LogP contribution in [0, 0.1) is 12.7 Å². The van der Waals surface area contributed by atoms with E-state index in [4.69, 9.17) is 37.8 Å². The molecular formula is C22H19Cl2FN2O5. The first-order valence-electron chi connectivity index (χ1n) is 9.39. The second kappa shape index (κ2) is 10.6. The maximum Gasteiger partial charge on any atom is 0.259 e. The van der Waals surface area contributed by atoms with E-state index in [1.165, 1.54) is 48.7 Å². The van der Waals surface area contributed by atoms with Crippen LogP contribution in [0.25, 0.3) is 0 Å². The number of hydrogen-bond donors (Lipinski definition) is 3. The van der Waals surface area contributed by atoms with Crippen LogP contribution in [0.4, 0.5) is 10.1 Å². The van der Waals surface area contributed by atoms with Crippen molar-refractivity contribution in [3.05, 3.63) is 75.7 Å². The highest BCUT2D eigenvalue weighted by atomic mass is 35.5. The molecule has 0 saturated carbocycles. The second-order valence-electron chi connectivity index (χ2n) is 6.76. The molecule has 1 atom stereocenters. The number of ether oxygens (including phenoxy) is 2. The van der Waals surface area contributed by atoms with Gasteiger partial charge in [0.25, 0.3) is 5.91 Å². The van der Waals surface area contributed by atoms with Crippen molar-refractivity contribution in [1.29, 1.82) is 0 Å². The van der Waals surface area contributed by atoms with Gasteiger partial charge >= 0.3 is 0 Å². The first-order chi connectivity index (χ1) is 15.3. The Balaban J connectivity index is 1.84. The quantitative estimate of drug-likeness (QED) is 0.435. The molecule has 0 radical (unpaired) electrons. The minimum Gasteiger partial charge on any atom is -0.475 e. The Morgan fingerprint density at radius 3 is 2.62 bits per heavy atom. The van der Waals surface area contributed by atoms with Crippen LogP contribution in [0.1, 0.15) is 15.9 Å². The summed E-state index contributed by atoms with van der Waals surface area (Å²) < 4.78 is 24.5. The SMILES string of the molecule is Cc1cc(F)ccc1Oc1cc(Cl)c(Cl)cc1C(=O)Nc1ccnc(OC[C@H](O)CO)c1. The van der Waals surface area contributed by atoms with Crippen LogP contribution < -0.4 is 14.8 Å². The van der Waals surface area contributed by atoms with Crippen molar-refractivity contribution in [2.45, 2.75) is 13.0 Å². The number of aryl methyl sites for hydroxylation is 1. The summed E-state index contributed by atoms with van der Waals surface area (Å²) in [6.45, 7) is 1.05. The lowest BCUT2D eigenvalue weighted by molar-refractivity contribution is 0.0521. The molecule has 0 aliphatic heterocycles. The Morgan fingerprint density at radius 2 is 1.91 bits per heavy atom. The number of pyridine rings is 1. The van der Waals surface area contributed by atoms with Crippen LogP contribution in [0.5, 0.6) is 17.4 Å². The van der Waals surface area contributed by atoms with Gasteiger partial charge < -0.3 is 25.0 Å². The van der Waals surface area contributed by atoms with Crippen LogP contribution in [0.2, 0.25) is 10.0 Å². The summed E-state index contributed by atoms with van der Waals surface area (Å²) in [5, 5.41) is 21.3. The number of carbonyl (C=O) groups excluding carboxylic acids is 1. The Morgan fingerprint density at radius 1 is 1.16 bits per heavy atom. The molecule has 10 heteroatoms. The third kappa shape index (κ3) is 6.08. The molecule has 7 nitrogen and oxygen atoms in total. The average Bonchev–Trinajstić information content (AvgIpc) is 2.76. The Bertz CT molecular complexity index is 1130. The topological polar surface area (TPSA) is 101 Å². The van der Waals surface area contributed by atoms with Gasteiger partial charge in [-0.25, -0.2) is 9.37 Å². The number of rotatable bonds is 8. The van der Waals surface area contributed by atoms with Gasteiger partial charge in [0.05, 0.1) is 22.2 Å². The zero-order valence-electron chi connectivity index (χ0n) is 16.8. The van der Waals surface area contributed by atoms with Gasteiger partial charge in [-0.15, -0.1) is 0 Å². The second-order valence-corrected chi connectivity index (χ2v) is 7.57. The van der Waals surface area contributed by atoms with Gasteiger partial charge in [-0.2, -0.15) is 0 Å². The molecular weight excluding hydrogens is 462 g/mol. The minimum atomic E-state index is -1.05. The number of benzene rings is 2. The molecule has 0 aliphatic carbocycles. The summed E-state index contributed by atoms with van der Waals surface area (Å²) in [6, 6.07) is 9.75. The highest BCUT2D eigenvalue weighted by Gasteiger charge is 2.18. The van der Waals surface area contributed by atoms with Crippen LogP contribution in [-0.2, 0) is 0 Å². The van der Waals surface area contributed by atoms with Crippen LogP contribution in [0.3, 0.4) is 0 Å². The molecule has 3 rings (SSSR count). The fraction of sp³-hybridized carbons (Fsp3) is 0.182. The van der Waals surface area contributed by atoms with Gasteiger partial charge in [-0.3, -0.25) is 4.79 Å². The molecule has 1 heterocycles. The molecule has 0 saturated heterocycles. The number of aromatic nitrogens is 1. The van der Waals surface area contributed by atoms with E-state index in [9.17, 15) is 14.3 Å². The summed E-state index contributed by atoms with van der Waals surface area (Å²) >= 11 is 12.2. The predicted molar refractivity (Wildman–Crippen MR) is 118 cm³/mol. The normalized spacial score (nSPS) is 11.7. The number of amides is 1. The van der Waals surface area contributed by atoms with Crippen molar-refractivity contribution in [2.75, 3.05) is 18.5 Å². The fourth-order valence-electron chi connectivity index (χ4n) is 2.64. The van der Waals surface area contributed by atoms with Gasteiger partial charge in [-0.1, -0.05) is 23.2 Å². The third-order valence-electron chi connectivity index (χ3n) is 4.25. The van der Waals surface area contributed by atoms with Crippen molar-refractivity contribution in [3.8, 4) is 17.4 Å². The van der Waals surface area contributed by atoms with Crippen molar-refractivity contribution >= 4 is 34.8 Å². The Hall–Kier alpha value is -2.91. The molecule has 0 unspecified atom stereocenters. The lowest BCUT2D eigenvalue weighted by Gasteiger charge is -2.15. The lowest BCUT2D eigenvalue weighted by atomic mass is 10.1. The van der Waals surface area contributed by atoms with E-state index in [1.54, 1.807) is 6.92 Å². The van der Waals surface area contributed by atoms with Gasteiger partial charge in [-0.05, 0) is 42.8 Å². The van der Waals surface area contributed by atoms with Crippen molar-refractivity contribution in [3.63, 3.8) is 0 Å². The summed E-state index contributed by atoms with van der Waals surface area (Å²) in [5.41, 5.74) is 0.981. The number of aliphatic hydroxyl groups excluding tert-OH is 2. The van der Waals surface area contributed by atoms with Gasteiger partial charge in [0, 0.05) is 24.0 Å². The van der Waals surface area contributed by atoms with Crippen LogP contribution in [0.15, 0.2) is 48.7 Å². The van der Waals surface area contributed by atoms with Crippen LogP contribution in [-0.4, -0.2) is 40.4 Å². The number of carbonyl (C=O) groups is 1. The third-order valence-corrected chi connectivity index (χ3v) is 4.97. The predicted octanol–water partition coefficient (Wildman–Crippen LogP) is 4.61. The van der Waals surface area contributed by atoms with E-state index in [0.29, 0.717) is 17.0 Å². The Kier molecular flexibility index (Phi) is 7.87. The number of nitrogens with one attached hydrogen (secondary N) is 1. The van der Waals surface area contributed by atoms with Crippen molar-refractivity contribution in [2.24, 2.45) is 0 Å². The highest BCUT2D eigenvalue weighted by Crippen LogP contribution is 2.35. The summed E-state index contributed by atoms with van der Waals surface area (Å²) in [4.78, 5) is 16.9. The number of anilines is 1. The molecule has 0 spiro atoms. The maximum atomic E-state index is 13.4. The standard InChI is InChI=1S/C22H19Cl2FN2O5/c1-12-6-13(25)2-3-19(12)32-20-9-18(24)17(23)8-16(20)22(30)27-14-4-5-26-21(7-14)31-11-15(29)10-28/h2-9,15,28-29H,10-11H2,1H3,(H,26,27,30)/t15-/m1/s1. The molecule has 3 aromatic rings. The summed E-state index contributed by atoms with van der Waals surface area (Å²) in [6.07, 6.45) is 0.352. The molecule has 0 bridgehead atoms. The first-order valence-corrected chi connectivity index (χ1v) is 10.1. The molecule has 0 fully saturated rings. The van der Waals surface area contributed by atoms with Crippen LogP contribution >= 0.6 is 23.2 Å². The van der Waals surface area contributed by atoms with Gasteiger partial charge in [0.2, 0.25) is 5.88 Å². The number of nitrogens with zero attached hydrogens (tertiary/aromatic N) is 1.